The van der Waals surface area contributed by atoms with E-state index >= 15 is 0 Å². The lowest BCUT2D eigenvalue weighted by Gasteiger charge is -2.01. The molecule has 0 aliphatic rings. The Morgan fingerprint density at radius 1 is 1.50 bits per heavy atom. The summed E-state index contributed by atoms with van der Waals surface area (Å²) in [7, 11) is 0. The van der Waals surface area contributed by atoms with Crippen molar-refractivity contribution in [2.45, 2.75) is 19.1 Å². The van der Waals surface area contributed by atoms with Crippen molar-refractivity contribution in [2.75, 3.05) is 0 Å². The van der Waals surface area contributed by atoms with Crippen LogP contribution in [0, 0.1) is 0 Å². The molecule has 0 bridgehead atoms. The molecule has 1 heterocycles. The van der Waals surface area contributed by atoms with Gasteiger partial charge in [-0.1, -0.05) is 0 Å². The van der Waals surface area contributed by atoms with Crippen LogP contribution in [0.25, 0.3) is 0 Å². The lowest BCUT2D eigenvalue weighted by molar-refractivity contribution is -0.140. The lowest BCUT2D eigenvalue weighted by Crippen LogP contribution is -2.05. The molecule has 0 fully saturated rings. The van der Waals surface area contributed by atoms with Crippen molar-refractivity contribution >= 4 is 0 Å². The summed E-state index contributed by atoms with van der Waals surface area (Å²) < 4.78 is 36.0. The SMILES string of the molecule is C[C@@H](N)c1c[nH]c(C(F)(F)F)c1. The largest absolute Gasteiger partial charge is 0.431 e. The summed E-state index contributed by atoms with van der Waals surface area (Å²) in [6.07, 6.45) is -3.04. The summed E-state index contributed by atoms with van der Waals surface area (Å²) >= 11 is 0. The molecular weight excluding hydrogens is 169 g/mol. The van der Waals surface area contributed by atoms with E-state index in [2.05, 4.69) is 4.98 Å². The van der Waals surface area contributed by atoms with Crippen molar-refractivity contribution in [3.05, 3.63) is 23.5 Å². The van der Waals surface area contributed by atoms with Gasteiger partial charge in [0.25, 0.3) is 0 Å². The fourth-order valence-corrected chi connectivity index (χ4v) is 0.838. The van der Waals surface area contributed by atoms with E-state index in [1.54, 1.807) is 6.92 Å². The van der Waals surface area contributed by atoms with E-state index in [1.807, 2.05) is 0 Å². The van der Waals surface area contributed by atoms with Gasteiger partial charge in [-0.2, -0.15) is 13.2 Å². The Balaban J connectivity index is 2.92. The van der Waals surface area contributed by atoms with E-state index in [4.69, 9.17) is 5.73 Å². The molecule has 0 amide bonds. The van der Waals surface area contributed by atoms with Gasteiger partial charge in [-0.15, -0.1) is 0 Å². The molecule has 12 heavy (non-hydrogen) atoms. The van der Waals surface area contributed by atoms with Gasteiger partial charge in [-0.05, 0) is 18.6 Å². The minimum Gasteiger partial charge on any atom is -0.357 e. The van der Waals surface area contributed by atoms with Crippen LogP contribution in [0.2, 0.25) is 0 Å². The van der Waals surface area contributed by atoms with E-state index in [0.29, 0.717) is 5.56 Å². The molecule has 0 radical (unpaired) electrons. The Hall–Kier alpha value is -0.970. The number of aromatic amines is 1. The number of halogens is 3. The number of nitrogens with two attached hydrogens (primary N) is 1. The quantitative estimate of drug-likeness (QED) is 0.679. The third kappa shape index (κ3) is 1.79. The predicted octanol–water partition coefficient (Wildman–Crippen LogP) is 2.05. The summed E-state index contributed by atoms with van der Waals surface area (Å²) in [5, 5.41) is 0. The molecule has 1 aromatic heterocycles. The van der Waals surface area contributed by atoms with Gasteiger partial charge in [-0.25, -0.2) is 0 Å². The number of H-pyrrole nitrogens is 1. The zero-order valence-electron chi connectivity index (χ0n) is 6.44. The van der Waals surface area contributed by atoms with Crippen molar-refractivity contribution in [2.24, 2.45) is 5.73 Å². The first-order chi connectivity index (χ1) is 5.41. The topological polar surface area (TPSA) is 41.8 Å². The van der Waals surface area contributed by atoms with Crippen LogP contribution in [-0.2, 0) is 6.18 Å². The standard InChI is InChI=1S/C7H9F3N2/c1-4(11)5-2-6(12-3-5)7(8,9)10/h2-4,12H,11H2,1H3/t4-/m1/s1. The van der Waals surface area contributed by atoms with Gasteiger partial charge >= 0.3 is 6.18 Å². The van der Waals surface area contributed by atoms with E-state index in [1.165, 1.54) is 6.20 Å². The molecule has 0 spiro atoms. The maximum Gasteiger partial charge on any atom is 0.431 e. The van der Waals surface area contributed by atoms with Gasteiger partial charge in [0.05, 0.1) is 0 Å². The highest BCUT2D eigenvalue weighted by molar-refractivity contribution is 5.21. The van der Waals surface area contributed by atoms with Crippen LogP contribution in [0.3, 0.4) is 0 Å². The average molecular weight is 178 g/mol. The van der Waals surface area contributed by atoms with Crippen LogP contribution in [-0.4, -0.2) is 4.98 Å². The molecule has 3 N–H and O–H groups in total. The third-order valence-electron chi connectivity index (χ3n) is 1.54. The molecule has 0 saturated heterocycles. The summed E-state index contributed by atoms with van der Waals surface area (Å²) in [5.41, 5.74) is 5.09. The minimum absolute atomic E-state index is 0.377. The monoisotopic (exact) mass is 178 g/mol. The van der Waals surface area contributed by atoms with Crippen molar-refractivity contribution < 1.29 is 13.2 Å². The molecular formula is C7H9F3N2. The Kier molecular flexibility index (Phi) is 2.14. The van der Waals surface area contributed by atoms with Gasteiger partial charge in [-0.3, -0.25) is 0 Å². The number of alkyl halides is 3. The number of hydrogen-bond donors (Lipinski definition) is 2. The zero-order valence-corrected chi connectivity index (χ0v) is 6.44. The second kappa shape index (κ2) is 2.82. The Bertz CT molecular complexity index is 262. The fourth-order valence-electron chi connectivity index (χ4n) is 0.838. The molecule has 68 valence electrons. The summed E-state index contributed by atoms with van der Waals surface area (Å²) in [4.78, 5) is 2.12. The van der Waals surface area contributed by atoms with Crippen LogP contribution < -0.4 is 5.73 Å². The van der Waals surface area contributed by atoms with E-state index in [-0.39, 0.29) is 6.04 Å². The maximum absolute atomic E-state index is 12.0. The molecule has 0 saturated carbocycles. The molecule has 2 nitrogen and oxygen atoms in total. The van der Waals surface area contributed by atoms with Crippen LogP contribution in [0.15, 0.2) is 12.3 Å². The Morgan fingerprint density at radius 2 is 2.08 bits per heavy atom. The highest BCUT2D eigenvalue weighted by Crippen LogP contribution is 2.29. The smallest absolute Gasteiger partial charge is 0.357 e. The van der Waals surface area contributed by atoms with Crippen LogP contribution in [0.4, 0.5) is 13.2 Å². The average Bonchev–Trinajstić information content (AvgIpc) is 2.30. The number of nitrogens with one attached hydrogen (secondary N) is 1. The van der Waals surface area contributed by atoms with Crippen molar-refractivity contribution in [3.8, 4) is 0 Å². The molecule has 0 unspecified atom stereocenters. The van der Waals surface area contributed by atoms with Gasteiger partial charge in [0.2, 0.25) is 0 Å². The molecule has 1 aromatic rings. The summed E-state index contributed by atoms with van der Waals surface area (Å²) in [6.45, 7) is 1.63. The second-order valence-corrected chi connectivity index (χ2v) is 2.63. The van der Waals surface area contributed by atoms with Crippen LogP contribution in [0.5, 0.6) is 0 Å². The highest BCUT2D eigenvalue weighted by atomic mass is 19.4. The minimum atomic E-state index is -4.31. The van der Waals surface area contributed by atoms with Gasteiger partial charge < -0.3 is 10.7 Å². The molecule has 1 rings (SSSR count). The van der Waals surface area contributed by atoms with Gasteiger partial charge in [0, 0.05) is 12.2 Å². The summed E-state index contributed by atoms with van der Waals surface area (Å²) in [6, 6.07) is 0.641. The normalized spacial score (nSPS) is 14.8. The highest BCUT2D eigenvalue weighted by Gasteiger charge is 2.32. The molecule has 0 aromatic carbocycles. The third-order valence-corrected chi connectivity index (χ3v) is 1.54. The first-order valence-corrected chi connectivity index (χ1v) is 3.42. The summed E-state index contributed by atoms with van der Waals surface area (Å²) in [5.74, 6) is 0. The number of aromatic nitrogens is 1. The molecule has 0 aliphatic heterocycles. The van der Waals surface area contributed by atoms with Crippen LogP contribution >= 0.6 is 0 Å². The first kappa shape index (κ1) is 9.12. The van der Waals surface area contributed by atoms with E-state index in [9.17, 15) is 13.2 Å². The number of rotatable bonds is 1. The maximum atomic E-state index is 12.0. The molecule has 5 heteroatoms. The predicted molar refractivity (Wildman–Crippen MR) is 38.4 cm³/mol. The van der Waals surface area contributed by atoms with E-state index in [0.717, 1.165) is 6.07 Å². The van der Waals surface area contributed by atoms with Crippen molar-refractivity contribution in [3.63, 3.8) is 0 Å². The molecule has 0 aliphatic carbocycles. The van der Waals surface area contributed by atoms with E-state index < -0.39 is 11.9 Å². The van der Waals surface area contributed by atoms with Crippen LogP contribution in [0.1, 0.15) is 24.2 Å². The van der Waals surface area contributed by atoms with Crippen molar-refractivity contribution in [1.29, 1.82) is 0 Å². The molecule has 1 atom stereocenters. The first-order valence-electron chi connectivity index (χ1n) is 3.42. The number of hydrogen-bond acceptors (Lipinski definition) is 1. The Morgan fingerprint density at radius 3 is 2.33 bits per heavy atom. The fraction of sp³-hybridized carbons (Fsp3) is 0.429. The Labute approximate surface area is 67.6 Å². The zero-order chi connectivity index (χ0) is 9.35. The second-order valence-electron chi connectivity index (χ2n) is 2.63. The van der Waals surface area contributed by atoms with Gasteiger partial charge in [0.1, 0.15) is 5.69 Å². The van der Waals surface area contributed by atoms with Gasteiger partial charge in [0.15, 0.2) is 0 Å². The van der Waals surface area contributed by atoms with Crippen molar-refractivity contribution in [1.82, 2.24) is 4.98 Å². The lowest BCUT2D eigenvalue weighted by atomic mass is 10.2.